The van der Waals surface area contributed by atoms with Gasteiger partial charge in [0.1, 0.15) is 12.4 Å². The van der Waals surface area contributed by atoms with Crippen LogP contribution < -0.4 is 15.4 Å². The lowest BCUT2D eigenvalue weighted by molar-refractivity contribution is -0.137. The van der Waals surface area contributed by atoms with E-state index in [-0.39, 0.29) is 42.4 Å². The molecule has 1 atom stereocenters. The molecule has 0 aromatic heterocycles. The highest BCUT2D eigenvalue weighted by Crippen LogP contribution is 2.31. The number of hydrogen-bond acceptors (Lipinski definition) is 4. The Morgan fingerprint density at radius 3 is 2.72 bits per heavy atom. The third-order valence-electron chi connectivity index (χ3n) is 4.13. The lowest BCUT2D eigenvalue weighted by atomic mass is 10.2. The maximum absolute atomic E-state index is 12.7. The summed E-state index contributed by atoms with van der Waals surface area (Å²) in [6.07, 6.45) is -1.14. The van der Waals surface area contributed by atoms with Crippen LogP contribution >= 0.6 is 24.0 Å². The topological polar surface area (TPSA) is 64.1 Å². The highest BCUT2D eigenvalue weighted by Gasteiger charge is 2.30. The van der Waals surface area contributed by atoms with E-state index >= 15 is 0 Å². The van der Waals surface area contributed by atoms with Crippen molar-refractivity contribution < 1.29 is 27.4 Å². The Kier molecular flexibility index (Phi) is 12.3. The minimum atomic E-state index is -4.38. The first-order valence-electron chi connectivity index (χ1n) is 9.43. The highest BCUT2D eigenvalue weighted by atomic mass is 127. The Morgan fingerprint density at radius 2 is 2.03 bits per heavy atom. The fourth-order valence-corrected chi connectivity index (χ4v) is 2.69. The van der Waals surface area contributed by atoms with Crippen molar-refractivity contribution in [1.82, 2.24) is 10.6 Å². The summed E-state index contributed by atoms with van der Waals surface area (Å²) in [4.78, 5) is 4.09. The zero-order chi connectivity index (χ0) is 20.2. The second-order valence-electron chi connectivity index (χ2n) is 6.36. The third-order valence-corrected chi connectivity index (χ3v) is 4.13. The van der Waals surface area contributed by atoms with E-state index < -0.39 is 11.7 Å². The van der Waals surface area contributed by atoms with Crippen LogP contribution in [0.1, 0.15) is 24.8 Å². The number of ether oxygens (including phenoxy) is 3. The quantitative estimate of drug-likeness (QED) is 0.210. The van der Waals surface area contributed by atoms with Gasteiger partial charge in [-0.2, -0.15) is 13.2 Å². The van der Waals surface area contributed by atoms with E-state index in [4.69, 9.17) is 14.2 Å². The molecule has 1 aliphatic heterocycles. The molecule has 1 aliphatic rings. The van der Waals surface area contributed by atoms with Gasteiger partial charge in [-0.3, -0.25) is 4.99 Å². The van der Waals surface area contributed by atoms with Crippen LogP contribution in [0.5, 0.6) is 5.75 Å². The molecule has 2 N–H and O–H groups in total. The fourth-order valence-electron chi connectivity index (χ4n) is 2.69. The predicted octanol–water partition coefficient (Wildman–Crippen LogP) is 3.45. The number of halogens is 4. The van der Waals surface area contributed by atoms with E-state index in [1.165, 1.54) is 12.1 Å². The molecule has 1 aromatic carbocycles. The molecule has 0 bridgehead atoms. The largest absolute Gasteiger partial charge is 0.492 e. The van der Waals surface area contributed by atoms with Crippen LogP contribution in [0.2, 0.25) is 0 Å². The second-order valence-corrected chi connectivity index (χ2v) is 6.36. The van der Waals surface area contributed by atoms with Crippen molar-refractivity contribution in [2.24, 2.45) is 4.99 Å². The van der Waals surface area contributed by atoms with Gasteiger partial charge in [-0.1, -0.05) is 6.07 Å². The van der Waals surface area contributed by atoms with Gasteiger partial charge in [0.05, 0.1) is 24.8 Å². The smallest absolute Gasteiger partial charge is 0.416 e. The first-order chi connectivity index (χ1) is 13.5. The van der Waals surface area contributed by atoms with Crippen LogP contribution in [0.15, 0.2) is 29.3 Å². The molecule has 10 heteroatoms. The molecule has 0 radical (unpaired) electrons. The van der Waals surface area contributed by atoms with Crippen LogP contribution in [0.4, 0.5) is 13.2 Å². The summed E-state index contributed by atoms with van der Waals surface area (Å²) in [5.74, 6) is 0.787. The molecule has 1 fully saturated rings. The molecule has 0 spiro atoms. The average molecular weight is 531 g/mol. The molecule has 29 heavy (non-hydrogen) atoms. The highest BCUT2D eigenvalue weighted by molar-refractivity contribution is 14.0. The van der Waals surface area contributed by atoms with Gasteiger partial charge in [0.15, 0.2) is 5.96 Å². The van der Waals surface area contributed by atoms with Crippen molar-refractivity contribution in [3.05, 3.63) is 29.8 Å². The molecule has 166 valence electrons. The maximum atomic E-state index is 12.7. The Bertz CT molecular complexity index is 612. The van der Waals surface area contributed by atoms with E-state index in [1.807, 2.05) is 0 Å². The van der Waals surface area contributed by atoms with Gasteiger partial charge in [-0.05, 0) is 37.5 Å². The van der Waals surface area contributed by atoms with E-state index in [0.29, 0.717) is 32.3 Å². The Hall–Kier alpha value is -1.27. The van der Waals surface area contributed by atoms with Crippen molar-refractivity contribution >= 4 is 29.9 Å². The summed E-state index contributed by atoms with van der Waals surface area (Å²) in [5, 5.41) is 6.20. The molecule has 0 aliphatic carbocycles. The normalized spacial score (nSPS) is 17.0. The van der Waals surface area contributed by atoms with Crippen molar-refractivity contribution in [2.45, 2.75) is 31.5 Å². The van der Waals surface area contributed by atoms with Crippen molar-refractivity contribution in [3.8, 4) is 5.75 Å². The van der Waals surface area contributed by atoms with Gasteiger partial charge < -0.3 is 24.8 Å². The van der Waals surface area contributed by atoms with E-state index in [0.717, 1.165) is 38.0 Å². The lowest BCUT2D eigenvalue weighted by Gasteiger charge is -2.14. The van der Waals surface area contributed by atoms with E-state index in [2.05, 4.69) is 15.6 Å². The lowest BCUT2D eigenvalue weighted by Crippen LogP contribution is -2.40. The standard InChI is InChI=1S/C19H28F3N3O3.HI/c1-23-18(24-8-4-10-26-14-17-7-3-11-27-17)25-9-12-28-16-6-2-5-15(13-16)19(20,21)22;/h2,5-6,13,17H,3-4,7-12,14H2,1H3,(H2,23,24,25);1H. The zero-order valence-electron chi connectivity index (χ0n) is 16.5. The van der Waals surface area contributed by atoms with Crippen molar-refractivity contribution in [3.63, 3.8) is 0 Å². The summed E-state index contributed by atoms with van der Waals surface area (Å²) < 4.78 is 54.5. The molecule has 2 rings (SSSR count). The average Bonchev–Trinajstić information content (AvgIpc) is 3.19. The van der Waals surface area contributed by atoms with E-state index in [9.17, 15) is 13.2 Å². The number of alkyl halides is 3. The SMILES string of the molecule is CN=C(NCCCOCC1CCCO1)NCCOc1cccc(C(F)(F)F)c1.I. The van der Waals surface area contributed by atoms with Crippen LogP contribution in [-0.4, -0.2) is 58.6 Å². The minimum absolute atomic E-state index is 0. The fraction of sp³-hybridized carbons (Fsp3) is 0.632. The number of hydrogen-bond donors (Lipinski definition) is 2. The third kappa shape index (κ3) is 10.4. The van der Waals surface area contributed by atoms with Crippen LogP contribution in [-0.2, 0) is 15.7 Å². The minimum Gasteiger partial charge on any atom is -0.492 e. The summed E-state index contributed by atoms with van der Waals surface area (Å²) in [6.45, 7) is 3.43. The number of nitrogens with zero attached hydrogens (tertiary/aromatic N) is 1. The van der Waals surface area contributed by atoms with Crippen LogP contribution in [0.25, 0.3) is 0 Å². The number of guanidine groups is 1. The molecule has 0 saturated carbocycles. The van der Waals surface area contributed by atoms with Gasteiger partial charge in [0, 0.05) is 26.8 Å². The van der Waals surface area contributed by atoms with Crippen LogP contribution in [0.3, 0.4) is 0 Å². The van der Waals surface area contributed by atoms with Gasteiger partial charge >= 0.3 is 6.18 Å². The Morgan fingerprint density at radius 1 is 1.24 bits per heavy atom. The Balaban J connectivity index is 0.00000420. The summed E-state index contributed by atoms with van der Waals surface area (Å²) in [5.41, 5.74) is -0.725. The molecular weight excluding hydrogens is 502 g/mol. The maximum Gasteiger partial charge on any atom is 0.416 e. The number of aliphatic imine (C=N–C) groups is 1. The molecule has 1 heterocycles. The summed E-state index contributed by atoms with van der Waals surface area (Å²) >= 11 is 0. The van der Waals surface area contributed by atoms with Crippen molar-refractivity contribution in [2.75, 3.05) is 46.6 Å². The first kappa shape index (κ1) is 25.8. The second kappa shape index (κ2) is 13.9. The predicted molar refractivity (Wildman–Crippen MR) is 116 cm³/mol. The number of nitrogens with one attached hydrogen (secondary N) is 2. The Labute approximate surface area is 186 Å². The summed E-state index contributed by atoms with van der Waals surface area (Å²) in [7, 11) is 1.65. The monoisotopic (exact) mass is 531 g/mol. The molecule has 1 unspecified atom stereocenters. The van der Waals surface area contributed by atoms with Gasteiger partial charge in [0.25, 0.3) is 0 Å². The molecule has 0 amide bonds. The van der Waals surface area contributed by atoms with Gasteiger partial charge in [-0.25, -0.2) is 0 Å². The van der Waals surface area contributed by atoms with Gasteiger partial charge in [0.2, 0.25) is 0 Å². The van der Waals surface area contributed by atoms with Crippen LogP contribution in [0, 0.1) is 0 Å². The molecule has 1 aromatic rings. The summed E-state index contributed by atoms with van der Waals surface area (Å²) in [6, 6.07) is 4.83. The molecule has 6 nitrogen and oxygen atoms in total. The van der Waals surface area contributed by atoms with Crippen molar-refractivity contribution in [1.29, 1.82) is 0 Å². The number of benzene rings is 1. The number of rotatable bonds is 10. The molecular formula is C19H29F3IN3O3. The first-order valence-corrected chi connectivity index (χ1v) is 9.43. The molecule has 1 saturated heterocycles. The zero-order valence-corrected chi connectivity index (χ0v) is 18.8. The van der Waals surface area contributed by atoms with Gasteiger partial charge in [-0.15, -0.1) is 24.0 Å². The van der Waals surface area contributed by atoms with E-state index in [1.54, 1.807) is 7.05 Å².